The number of anilines is 1. The Hall–Kier alpha value is -2.94. The number of nitriles is 1. The number of nitrogen functional groups attached to an aromatic ring is 1. The number of hydrogen-bond acceptors (Lipinski definition) is 4. The van der Waals surface area contributed by atoms with E-state index in [1.54, 1.807) is 12.1 Å². The Morgan fingerprint density at radius 1 is 1.33 bits per heavy atom. The quantitative estimate of drug-likeness (QED) is 0.688. The second kappa shape index (κ2) is 4.87. The van der Waals surface area contributed by atoms with Crippen LogP contribution in [-0.4, -0.2) is 4.92 Å². The predicted octanol–water partition coefficient (Wildman–Crippen LogP) is 2.41. The van der Waals surface area contributed by atoms with Crippen LogP contribution in [0.2, 0.25) is 0 Å². The van der Waals surface area contributed by atoms with E-state index >= 15 is 0 Å². The SMILES string of the molecule is N#Cc1c(C2CC2)cc(-c2ccc([N+](=O)[O-])cc2)[nH+]c1N. The van der Waals surface area contributed by atoms with Crippen LogP contribution in [-0.2, 0) is 0 Å². The maximum absolute atomic E-state index is 10.7. The van der Waals surface area contributed by atoms with Crippen molar-refractivity contribution in [2.45, 2.75) is 18.8 Å². The van der Waals surface area contributed by atoms with Crippen LogP contribution in [0.3, 0.4) is 0 Å². The zero-order valence-corrected chi connectivity index (χ0v) is 11.2. The lowest BCUT2D eigenvalue weighted by atomic mass is 10.0. The molecule has 1 aliphatic carbocycles. The van der Waals surface area contributed by atoms with Gasteiger partial charge >= 0.3 is 0 Å². The molecule has 3 N–H and O–H groups in total. The van der Waals surface area contributed by atoms with Gasteiger partial charge in [-0.15, -0.1) is 0 Å². The summed E-state index contributed by atoms with van der Waals surface area (Å²) in [5, 5.41) is 19.9. The number of nitrogens with one attached hydrogen (secondary N) is 1. The number of aromatic amines is 1. The van der Waals surface area contributed by atoms with Crippen molar-refractivity contribution < 1.29 is 9.91 Å². The molecule has 6 nitrogen and oxygen atoms in total. The van der Waals surface area contributed by atoms with E-state index in [4.69, 9.17) is 5.73 Å². The fourth-order valence-corrected chi connectivity index (χ4v) is 2.39. The Morgan fingerprint density at radius 3 is 2.52 bits per heavy atom. The van der Waals surface area contributed by atoms with E-state index in [1.807, 2.05) is 6.07 Å². The normalized spacial score (nSPS) is 13.7. The number of pyridine rings is 1. The molecule has 0 radical (unpaired) electrons. The van der Waals surface area contributed by atoms with Crippen LogP contribution in [0.5, 0.6) is 0 Å². The van der Waals surface area contributed by atoms with Gasteiger partial charge in [-0.2, -0.15) is 5.26 Å². The topological polar surface area (TPSA) is 107 Å². The van der Waals surface area contributed by atoms with Crippen LogP contribution >= 0.6 is 0 Å². The van der Waals surface area contributed by atoms with E-state index in [1.165, 1.54) is 12.1 Å². The molecule has 0 atom stereocenters. The summed E-state index contributed by atoms with van der Waals surface area (Å²) in [4.78, 5) is 13.2. The maximum atomic E-state index is 10.7. The Balaban J connectivity index is 2.06. The molecular weight excluding hydrogens is 268 g/mol. The van der Waals surface area contributed by atoms with Gasteiger partial charge in [0.05, 0.1) is 4.92 Å². The highest BCUT2D eigenvalue weighted by Crippen LogP contribution is 2.43. The van der Waals surface area contributed by atoms with Gasteiger partial charge in [-0.25, -0.2) is 4.98 Å². The summed E-state index contributed by atoms with van der Waals surface area (Å²) >= 11 is 0. The first-order valence-electron chi connectivity index (χ1n) is 6.60. The van der Waals surface area contributed by atoms with Crippen molar-refractivity contribution in [3.8, 4) is 17.3 Å². The first kappa shape index (κ1) is 13.1. The molecule has 2 aromatic rings. The number of rotatable bonds is 3. The molecule has 1 fully saturated rings. The molecule has 1 heterocycles. The fourth-order valence-electron chi connectivity index (χ4n) is 2.39. The number of nitro benzene ring substituents is 1. The van der Waals surface area contributed by atoms with Crippen LogP contribution in [0, 0.1) is 21.4 Å². The number of aromatic nitrogens is 1. The summed E-state index contributed by atoms with van der Waals surface area (Å²) in [5.41, 5.74) is 9.01. The van der Waals surface area contributed by atoms with E-state index < -0.39 is 4.92 Å². The third kappa shape index (κ3) is 2.41. The lowest BCUT2D eigenvalue weighted by Gasteiger charge is -2.05. The molecule has 1 aromatic carbocycles. The summed E-state index contributed by atoms with van der Waals surface area (Å²) in [6, 6.07) is 10.3. The molecular formula is C15H13N4O2+. The lowest BCUT2D eigenvalue weighted by Crippen LogP contribution is -2.17. The van der Waals surface area contributed by atoms with E-state index in [2.05, 4.69) is 11.1 Å². The molecule has 1 aromatic heterocycles. The van der Waals surface area contributed by atoms with Gasteiger partial charge in [0.25, 0.3) is 11.5 Å². The largest absolute Gasteiger partial charge is 0.289 e. The van der Waals surface area contributed by atoms with Crippen molar-refractivity contribution in [2.75, 3.05) is 5.73 Å². The summed E-state index contributed by atoms with van der Waals surface area (Å²) in [6.07, 6.45) is 2.13. The summed E-state index contributed by atoms with van der Waals surface area (Å²) in [5.74, 6) is 0.739. The fraction of sp³-hybridized carbons (Fsp3) is 0.200. The zero-order chi connectivity index (χ0) is 15.0. The third-order valence-corrected chi connectivity index (χ3v) is 3.65. The molecule has 0 aliphatic heterocycles. The second-order valence-corrected chi connectivity index (χ2v) is 5.12. The van der Waals surface area contributed by atoms with Crippen molar-refractivity contribution in [3.05, 3.63) is 51.6 Å². The average molecular weight is 281 g/mol. The number of non-ortho nitro benzene ring substituents is 1. The van der Waals surface area contributed by atoms with Crippen LogP contribution in [0.1, 0.15) is 29.9 Å². The van der Waals surface area contributed by atoms with Gasteiger partial charge in [-0.3, -0.25) is 15.8 Å². The monoisotopic (exact) mass is 281 g/mol. The lowest BCUT2D eigenvalue weighted by molar-refractivity contribution is -0.384. The molecule has 1 aliphatic rings. The number of hydrogen-bond donors (Lipinski definition) is 1. The van der Waals surface area contributed by atoms with E-state index in [9.17, 15) is 15.4 Å². The Bertz CT molecular complexity index is 758. The van der Waals surface area contributed by atoms with Crippen molar-refractivity contribution >= 4 is 11.5 Å². The molecule has 0 spiro atoms. The van der Waals surface area contributed by atoms with Gasteiger partial charge in [0.1, 0.15) is 17.3 Å². The minimum Gasteiger partial charge on any atom is -0.286 e. The van der Waals surface area contributed by atoms with E-state index in [0.717, 1.165) is 29.7 Å². The maximum Gasteiger partial charge on any atom is 0.289 e. The van der Waals surface area contributed by atoms with Crippen molar-refractivity contribution in [1.29, 1.82) is 5.26 Å². The number of nitrogens with zero attached hydrogens (tertiary/aromatic N) is 2. The van der Waals surface area contributed by atoms with Crippen molar-refractivity contribution in [3.63, 3.8) is 0 Å². The summed E-state index contributed by atoms with van der Waals surface area (Å²) < 4.78 is 0. The van der Waals surface area contributed by atoms with Crippen molar-refractivity contribution in [2.24, 2.45) is 0 Å². The Morgan fingerprint density at radius 2 is 2.00 bits per heavy atom. The smallest absolute Gasteiger partial charge is 0.286 e. The molecule has 0 saturated heterocycles. The predicted molar refractivity (Wildman–Crippen MR) is 76.2 cm³/mol. The van der Waals surface area contributed by atoms with Gasteiger partial charge in [0.15, 0.2) is 0 Å². The van der Waals surface area contributed by atoms with Crippen molar-refractivity contribution in [1.82, 2.24) is 0 Å². The number of nitrogens with two attached hydrogens (primary N) is 1. The number of H-pyrrole nitrogens is 1. The van der Waals surface area contributed by atoms with Gasteiger partial charge in [0, 0.05) is 17.7 Å². The van der Waals surface area contributed by atoms with E-state index in [-0.39, 0.29) is 5.69 Å². The highest BCUT2D eigenvalue weighted by Gasteiger charge is 2.30. The van der Waals surface area contributed by atoms with Gasteiger partial charge in [0.2, 0.25) is 0 Å². The molecule has 0 amide bonds. The summed E-state index contributed by atoms with van der Waals surface area (Å²) in [7, 11) is 0. The van der Waals surface area contributed by atoms with Gasteiger partial charge in [-0.05, 0) is 42.5 Å². The molecule has 3 rings (SSSR count). The molecule has 0 unspecified atom stereocenters. The standard InChI is InChI=1S/C15H12N4O2/c16-8-13-12(9-1-2-9)7-14(18-15(13)17)10-3-5-11(6-4-10)19(20)21/h3-7,9H,1-2H2,(H2,17,18)/p+1. The summed E-state index contributed by atoms with van der Waals surface area (Å²) in [6.45, 7) is 0. The molecule has 0 bridgehead atoms. The van der Waals surface area contributed by atoms with Gasteiger partial charge < -0.3 is 0 Å². The highest BCUT2D eigenvalue weighted by molar-refractivity contribution is 5.63. The minimum atomic E-state index is -0.434. The van der Waals surface area contributed by atoms with Crippen LogP contribution in [0.15, 0.2) is 30.3 Å². The van der Waals surface area contributed by atoms with Crippen LogP contribution < -0.4 is 10.7 Å². The zero-order valence-electron chi connectivity index (χ0n) is 11.2. The molecule has 6 heteroatoms. The first-order chi connectivity index (χ1) is 10.1. The third-order valence-electron chi connectivity index (χ3n) is 3.65. The number of nitro groups is 1. The van der Waals surface area contributed by atoms with Crippen LogP contribution in [0.4, 0.5) is 11.5 Å². The van der Waals surface area contributed by atoms with E-state index in [0.29, 0.717) is 17.3 Å². The Labute approximate surface area is 121 Å². The average Bonchev–Trinajstić information content (AvgIpc) is 3.31. The first-order valence-corrected chi connectivity index (χ1v) is 6.60. The Kier molecular flexibility index (Phi) is 3.03. The molecule has 1 saturated carbocycles. The minimum absolute atomic E-state index is 0.0442. The highest BCUT2D eigenvalue weighted by atomic mass is 16.6. The second-order valence-electron chi connectivity index (χ2n) is 5.12. The van der Waals surface area contributed by atoms with Gasteiger partial charge in [-0.1, -0.05) is 0 Å². The van der Waals surface area contributed by atoms with Crippen LogP contribution in [0.25, 0.3) is 11.3 Å². The number of benzene rings is 1. The molecule has 104 valence electrons. The molecule has 21 heavy (non-hydrogen) atoms.